The molecule has 3 aliphatic carbocycles. The van der Waals surface area contributed by atoms with E-state index in [-0.39, 0.29) is 0 Å². The van der Waals surface area contributed by atoms with Crippen molar-refractivity contribution in [3.8, 4) is 0 Å². The topological polar surface area (TPSA) is 0 Å². The molecule has 0 aromatic heterocycles. The van der Waals surface area contributed by atoms with Crippen LogP contribution in [0.4, 0.5) is 0 Å². The van der Waals surface area contributed by atoms with E-state index < -0.39 is 18.4 Å². The Hall–Kier alpha value is 0.799. The zero-order valence-electron chi connectivity index (χ0n) is 14.5. The molecule has 0 unspecified atom stereocenters. The molecule has 0 aromatic carbocycles. The summed E-state index contributed by atoms with van der Waals surface area (Å²) in [5, 5.41) is 0. The van der Waals surface area contributed by atoms with E-state index in [9.17, 15) is 0 Å². The summed E-state index contributed by atoms with van der Waals surface area (Å²) in [5.41, 5.74) is 0. The third kappa shape index (κ3) is 3.50. The van der Waals surface area contributed by atoms with Crippen molar-refractivity contribution in [1.82, 2.24) is 0 Å². The zero-order chi connectivity index (χ0) is 14.5. The van der Waals surface area contributed by atoms with Gasteiger partial charge in [0.2, 0.25) is 0 Å². The van der Waals surface area contributed by atoms with Crippen molar-refractivity contribution in [1.29, 1.82) is 0 Å². The van der Waals surface area contributed by atoms with Gasteiger partial charge in [-0.05, 0) is 0 Å². The third-order valence-electron chi connectivity index (χ3n) is 7.71. The summed E-state index contributed by atoms with van der Waals surface area (Å²) in [5.74, 6) is 0. The van der Waals surface area contributed by atoms with Crippen LogP contribution in [0.2, 0.25) is 16.2 Å². The van der Waals surface area contributed by atoms with Crippen LogP contribution in [0.25, 0.3) is 0 Å². The average molecular weight is 397 g/mol. The first-order chi connectivity index (χ1) is 10.4. The van der Waals surface area contributed by atoms with E-state index in [1.54, 1.807) is 101 Å². The maximum absolute atomic E-state index is 2.66. The quantitative estimate of drug-likeness (QED) is 0.432. The fraction of sp³-hybridized carbons (Fsp3) is 1.00. The molecular formula is C20H38Sn. The fourth-order valence-electron chi connectivity index (χ4n) is 6.79. The Morgan fingerprint density at radius 1 is 0.524 bits per heavy atom. The molecule has 0 amide bonds. The first-order valence-corrected chi connectivity index (χ1v) is 17.3. The standard InChI is InChI=1S/3C6H11.C2H5.Sn/c3*1-2-4-6-5-3-1;1-2;/h3*1H,2-6H2;1H2,2H3;. The summed E-state index contributed by atoms with van der Waals surface area (Å²) in [4.78, 5) is 0. The van der Waals surface area contributed by atoms with Gasteiger partial charge in [0.25, 0.3) is 0 Å². The first kappa shape index (κ1) is 16.6. The molecule has 3 aliphatic rings. The van der Waals surface area contributed by atoms with Crippen LogP contribution in [0, 0.1) is 0 Å². The second-order valence-electron chi connectivity index (χ2n) is 8.47. The molecule has 0 aromatic rings. The molecule has 21 heavy (non-hydrogen) atoms. The van der Waals surface area contributed by atoms with Gasteiger partial charge in [-0.25, -0.2) is 0 Å². The van der Waals surface area contributed by atoms with Crippen LogP contribution in [0.5, 0.6) is 0 Å². The van der Waals surface area contributed by atoms with E-state index in [1.807, 2.05) is 0 Å². The van der Waals surface area contributed by atoms with E-state index in [0.717, 1.165) is 0 Å². The zero-order valence-corrected chi connectivity index (χ0v) is 17.4. The van der Waals surface area contributed by atoms with E-state index in [0.29, 0.717) is 0 Å². The van der Waals surface area contributed by atoms with Crippen LogP contribution < -0.4 is 0 Å². The molecule has 0 N–H and O–H groups in total. The molecule has 0 spiro atoms. The Kier molecular flexibility index (Phi) is 6.39. The molecule has 0 atom stereocenters. The first-order valence-electron chi connectivity index (χ1n) is 10.4. The van der Waals surface area contributed by atoms with Crippen LogP contribution >= 0.6 is 0 Å². The van der Waals surface area contributed by atoms with Gasteiger partial charge >= 0.3 is 138 Å². The molecule has 1 heteroatoms. The van der Waals surface area contributed by atoms with Crippen molar-refractivity contribution in [2.75, 3.05) is 0 Å². The van der Waals surface area contributed by atoms with Gasteiger partial charge in [0.15, 0.2) is 0 Å². The van der Waals surface area contributed by atoms with Gasteiger partial charge in [0, 0.05) is 0 Å². The Bertz CT molecular complexity index is 247. The van der Waals surface area contributed by atoms with Crippen LogP contribution in [-0.2, 0) is 0 Å². The van der Waals surface area contributed by atoms with E-state index in [2.05, 4.69) is 6.92 Å². The molecule has 0 radical (unpaired) electrons. The second-order valence-corrected chi connectivity index (χ2v) is 23.8. The summed E-state index contributed by atoms with van der Waals surface area (Å²) in [7, 11) is 0. The fourth-order valence-corrected chi connectivity index (χ4v) is 30.1. The molecule has 0 aliphatic heterocycles. The molecule has 122 valence electrons. The van der Waals surface area contributed by atoms with E-state index in [1.165, 1.54) is 11.8 Å². The summed E-state index contributed by atoms with van der Waals surface area (Å²) in [6, 6.07) is 0. The van der Waals surface area contributed by atoms with Gasteiger partial charge < -0.3 is 0 Å². The monoisotopic (exact) mass is 398 g/mol. The van der Waals surface area contributed by atoms with Crippen LogP contribution in [0.3, 0.4) is 0 Å². The molecule has 0 saturated heterocycles. The van der Waals surface area contributed by atoms with Crippen LogP contribution in [0.1, 0.15) is 103 Å². The predicted molar refractivity (Wildman–Crippen MR) is 96.7 cm³/mol. The number of hydrogen-bond donors (Lipinski definition) is 0. The van der Waals surface area contributed by atoms with E-state index in [4.69, 9.17) is 0 Å². The summed E-state index contributed by atoms with van der Waals surface area (Å²) >= 11 is -2.00. The van der Waals surface area contributed by atoms with Crippen molar-refractivity contribution in [2.24, 2.45) is 0 Å². The molecule has 3 saturated carbocycles. The molecular weight excluding hydrogens is 359 g/mol. The third-order valence-corrected chi connectivity index (χ3v) is 29.2. The van der Waals surface area contributed by atoms with Gasteiger partial charge in [0.1, 0.15) is 0 Å². The number of rotatable bonds is 4. The summed E-state index contributed by atoms with van der Waals surface area (Å²) in [6.45, 7) is 2.66. The summed E-state index contributed by atoms with van der Waals surface area (Å²) < 4.78 is 5.59. The van der Waals surface area contributed by atoms with Crippen molar-refractivity contribution < 1.29 is 0 Å². The van der Waals surface area contributed by atoms with E-state index >= 15 is 0 Å². The van der Waals surface area contributed by atoms with Crippen molar-refractivity contribution in [2.45, 2.75) is 119 Å². The minimum atomic E-state index is -2.00. The van der Waals surface area contributed by atoms with Gasteiger partial charge in [0.05, 0.1) is 0 Å². The SMILES string of the molecule is C[CH2][Sn]([CH]1CCCCC1)([CH]1CCCCC1)[CH]1CCCCC1. The average Bonchev–Trinajstić information content (AvgIpc) is 2.59. The maximum atomic E-state index is 2.66. The van der Waals surface area contributed by atoms with Crippen LogP contribution in [0.15, 0.2) is 0 Å². The number of hydrogen-bond acceptors (Lipinski definition) is 0. The Balaban J connectivity index is 1.85. The van der Waals surface area contributed by atoms with Gasteiger partial charge in [-0.15, -0.1) is 0 Å². The molecule has 0 nitrogen and oxygen atoms in total. The predicted octanol–water partition coefficient (Wildman–Crippen LogP) is 7.46. The summed E-state index contributed by atoms with van der Waals surface area (Å²) in [6.07, 6.45) is 24.2. The Labute approximate surface area is 137 Å². The minimum absolute atomic E-state index is 1.30. The molecule has 0 heterocycles. The molecule has 3 fully saturated rings. The van der Waals surface area contributed by atoms with Crippen molar-refractivity contribution in [3.63, 3.8) is 0 Å². The molecule has 3 rings (SSSR count). The van der Waals surface area contributed by atoms with Gasteiger partial charge in [-0.3, -0.25) is 0 Å². The van der Waals surface area contributed by atoms with Crippen molar-refractivity contribution in [3.05, 3.63) is 0 Å². The normalized spacial score (nSPS) is 27.9. The second kappa shape index (κ2) is 8.06. The molecule has 0 bridgehead atoms. The Morgan fingerprint density at radius 3 is 1.05 bits per heavy atom. The van der Waals surface area contributed by atoms with Crippen molar-refractivity contribution >= 4 is 18.4 Å². The van der Waals surface area contributed by atoms with Gasteiger partial charge in [-0.1, -0.05) is 0 Å². The van der Waals surface area contributed by atoms with Crippen LogP contribution in [-0.4, -0.2) is 18.4 Å². The Morgan fingerprint density at radius 2 is 0.810 bits per heavy atom. The van der Waals surface area contributed by atoms with Gasteiger partial charge in [-0.2, -0.15) is 0 Å².